The van der Waals surface area contributed by atoms with Crippen LogP contribution < -0.4 is 11.0 Å². The molecule has 0 bridgehead atoms. The number of thiophene rings is 1. The van der Waals surface area contributed by atoms with Crippen molar-refractivity contribution in [1.82, 2.24) is 15.0 Å². The van der Waals surface area contributed by atoms with E-state index in [9.17, 15) is 14.0 Å². The summed E-state index contributed by atoms with van der Waals surface area (Å²) in [5.41, 5.74) is 3.99. The Bertz CT molecular complexity index is 1120. The van der Waals surface area contributed by atoms with Crippen LogP contribution in [0.25, 0.3) is 10.2 Å². The minimum atomic E-state index is -0.756. The summed E-state index contributed by atoms with van der Waals surface area (Å²) in [6, 6.07) is 4.98. The Balaban J connectivity index is 1.55. The molecule has 144 valence electrons. The molecule has 28 heavy (non-hydrogen) atoms. The van der Waals surface area contributed by atoms with Crippen molar-refractivity contribution in [3.05, 3.63) is 62.8 Å². The number of aromatic nitrogens is 2. The highest BCUT2D eigenvalue weighted by atomic mass is 32.1. The zero-order chi connectivity index (χ0) is 19.7. The SMILES string of the molecule is CC(C(=O)NN=Cc1ccc(F)cc1)n1cnc2sc3c(c2c1=O)CCCC3. The van der Waals surface area contributed by atoms with Crippen molar-refractivity contribution in [2.45, 2.75) is 38.6 Å². The lowest BCUT2D eigenvalue weighted by Crippen LogP contribution is -2.34. The Morgan fingerprint density at radius 3 is 2.86 bits per heavy atom. The Labute approximate surface area is 164 Å². The molecule has 8 heteroatoms. The Morgan fingerprint density at radius 2 is 2.07 bits per heavy atom. The maximum Gasteiger partial charge on any atom is 0.263 e. The molecule has 2 heterocycles. The number of amides is 1. The number of nitrogens with one attached hydrogen (secondary N) is 1. The van der Waals surface area contributed by atoms with Crippen LogP contribution in [0.15, 0.2) is 40.5 Å². The van der Waals surface area contributed by atoms with E-state index in [-0.39, 0.29) is 11.4 Å². The summed E-state index contributed by atoms with van der Waals surface area (Å²) in [7, 11) is 0. The molecule has 4 rings (SSSR count). The summed E-state index contributed by atoms with van der Waals surface area (Å²) in [6.45, 7) is 1.64. The Hall–Kier alpha value is -2.87. The van der Waals surface area contributed by atoms with Crippen molar-refractivity contribution in [3.63, 3.8) is 0 Å². The summed E-state index contributed by atoms with van der Waals surface area (Å²) in [4.78, 5) is 31.8. The molecular weight excluding hydrogens is 379 g/mol. The molecule has 0 radical (unpaired) electrons. The van der Waals surface area contributed by atoms with Gasteiger partial charge in [0.05, 0.1) is 17.9 Å². The number of nitrogens with zero attached hydrogens (tertiary/aromatic N) is 3. The van der Waals surface area contributed by atoms with Gasteiger partial charge < -0.3 is 0 Å². The van der Waals surface area contributed by atoms with Crippen molar-refractivity contribution >= 4 is 33.7 Å². The fourth-order valence-corrected chi connectivity index (χ4v) is 4.59. The molecule has 3 aromatic rings. The second kappa shape index (κ2) is 7.63. The van der Waals surface area contributed by atoms with Crippen molar-refractivity contribution in [2.75, 3.05) is 0 Å². The number of rotatable bonds is 4. The van der Waals surface area contributed by atoms with E-state index in [0.717, 1.165) is 36.1 Å². The van der Waals surface area contributed by atoms with E-state index in [1.807, 2.05) is 0 Å². The van der Waals surface area contributed by atoms with Gasteiger partial charge in [0, 0.05) is 4.88 Å². The maximum absolute atomic E-state index is 13.0. The first-order chi connectivity index (χ1) is 13.5. The maximum atomic E-state index is 13.0. The predicted molar refractivity (Wildman–Crippen MR) is 107 cm³/mol. The van der Waals surface area contributed by atoms with E-state index in [1.54, 1.807) is 30.4 Å². The van der Waals surface area contributed by atoms with E-state index in [4.69, 9.17) is 0 Å². The van der Waals surface area contributed by atoms with Gasteiger partial charge in [0.2, 0.25) is 0 Å². The molecule has 0 aliphatic heterocycles. The number of hydrogen-bond donors (Lipinski definition) is 1. The Kier molecular flexibility index (Phi) is 5.04. The van der Waals surface area contributed by atoms with E-state index >= 15 is 0 Å². The molecule has 0 fully saturated rings. The quantitative estimate of drug-likeness (QED) is 0.542. The molecule has 1 aromatic carbocycles. The van der Waals surface area contributed by atoms with Crippen molar-refractivity contribution in [3.8, 4) is 0 Å². The van der Waals surface area contributed by atoms with Crippen LogP contribution in [-0.2, 0) is 17.6 Å². The van der Waals surface area contributed by atoms with Gasteiger partial charge in [-0.1, -0.05) is 12.1 Å². The van der Waals surface area contributed by atoms with E-state index in [2.05, 4.69) is 15.5 Å². The zero-order valence-corrected chi connectivity index (χ0v) is 16.1. The molecule has 1 amide bonds. The van der Waals surface area contributed by atoms with E-state index in [1.165, 1.54) is 34.1 Å². The highest BCUT2D eigenvalue weighted by Gasteiger charge is 2.23. The molecule has 6 nitrogen and oxygen atoms in total. The summed E-state index contributed by atoms with van der Waals surface area (Å²) >= 11 is 1.58. The number of benzene rings is 1. The van der Waals surface area contributed by atoms with Gasteiger partial charge in [0.15, 0.2) is 0 Å². The monoisotopic (exact) mass is 398 g/mol. The highest BCUT2D eigenvalue weighted by molar-refractivity contribution is 7.18. The van der Waals surface area contributed by atoms with Crippen LogP contribution in [0.3, 0.4) is 0 Å². The lowest BCUT2D eigenvalue weighted by molar-refractivity contribution is -0.123. The number of halogens is 1. The second-order valence-electron chi connectivity index (χ2n) is 6.81. The van der Waals surface area contributed by atoms with Gasteiger partial charge in [0.25, 0.3) is 11.5 Å². The van der Waals surface area contributed by atoms with Crippen LogP contribution in [-0.4, -0.2) is 21.7 Å². The average molecular weight is 398 g/mol. The number of aryl methyl sites for hydroxylation is 2. The van der Waals surface area contributed by atoms with Gasteiger partial charge in [-0.05, 0) is 55.9 Å². The van der Waals surface area contributed by atoms with Crippen molar-refractivity contribution in [2.24, 2.45) is 5.10 Å². The minimum Gasteiger partial charge on any atom is -0.286 e. The van der Waals surface area contributed by atoms with Gasteiger partial charge in [-0.3, -0.25) is 14.2 Å². The lowest BCUT2D eigenvalue weighted by Gasteiger charge is -2.14. The fraction of sp³-hybridized carbons (Fsp3) is 0.300. The third-order valence-electron chi connectivity index (χ3n) is 4.96. The molecule has 2 aromatic heterocycles. The molecule has 1 N–H and O–H groups in total. The number of hydrazone groups is 1. The average Bonchev–Trinajstić information content (AvgIpc) is 3.08. The Morgan fingerprint density at radius 1 is 1.32 bits per heavy atom. The van der Waals surface area contributed by atoms with Crippen LogP contribution in [0, 0.1) is 5.82 Å². The molecular formula is C20H19FN4O2S. The summed E-state index contributed by atoms with van der Waals surface area (Å²) in [5.74, 6) is -0.765. The first-order valence-corrected chi connectivity index (χ1v) is 9.96. The predicted octanol–water partition coefficient (Wildman–Crippen LogP) is 3.19. The van der Waals surface area contributed by atoms with Gasteiger partial charge in [-0.25, -0.2) is 14.8 Å². The normalized spacial score (nSPS) is 14.9. The van der Waals surface area contributed by atoms with Gasteiger partial charge >= 0.3 is 0 Å². The molecule has 1 aliphatic carbocycles. The zero-order valence-electron chi connectivity index (χ0n) is 15.3. The molecule has 0 saturated heterocycles. The lowest BCUT2D eigenvalue weighted by atomic mass is 9.97. The molecule has 0 saturated carbocycles. The summed E-state index contributed by atoms with van der Waals surface area (Å²) in [6.07, 6.45) is 6.94. The third kappa shape index (κ3) is 3.47. The molecule has 0 spiro atoms. The molecule has 1 atom stereocenters. The second-order valence-corrected chi connectivity index (χ2v) is 7.89. The number of carbonyl (C=O) groups is 1. The van der Waals surface area contributed by atoms with E-state index < -0.39 is 11.9 Å². The van der Waals surface area contributed by atoms with Crippen LogP contribution in [0.4, 0.5) is 4.39 Å². The fourth-order valence-electron chi connectivity index (χ4n) is 3.37. The molecule has 1 aliphatic rings. The topological polar surface area (TPSA) is 76.3 Å². The van der Waals surface area contributed by atoms with Crippen molar-refractivity contribution in [1.29, 1.82) is 0 Å². The van der Waals surface area contributed by atoms with Crippen LogP contribution in [0.1, 0.15) is 41.8 Å². The highest BCUT2D eigenvalue weighted by Crippen LogP contribution is 2.33. The largest absolute Gasteiger partial charge is 0.286 e. The number of hydrogen-bond acceptors (Lipinski definition) is 5. The summed E-state index contributed by atoms with van der Waals surface area (Å²) in [5, 5.41) is 4.54. The molecule has 1 unspecified atom stereocenters. The minimum absolute atomic E-state index is 0.186. The van der Waals surface area contributed by atoms with Crippen LogP contribution >= 0.6 is 11.3 Å². The first-order valence-electron chi connectivity index (χ1n) is 9.14. The summed E-state index contributed by atoms with van der Waals surface area (Å²) < 4.78 is 14.3. The van der Waals surface area contributed by atoms with E-state index in [0.29, 0.717) is 10.9 Å². The van der Waals surface area contributed by atoms with Gasteiger partial charge in [0.1, 0.15) is 16.7 Å². The number of carbonyl (C=O) groups excluding carboxylic acids is 1. The van der Waals surface area contributed by atoms with Crippen molar-refractivity contribution < 1.29 is 9.18 Å². The number of fused-ring (bicyclic) bond motifs is 3. The van der Waals surface area contributed by atoms with Crippen LogP contribution in [0.5, 0.6) is 0 Å². The third-order valence-corrected chi connectivity index (χ3v) is 6.16. The van der Waals surface area contributed by atoms with Gasteiger partial charge in [-0.15, -0.1) is 11.3 Å². The first kappa shape index (κ1) is 18.5. The van der Waals surface area contributed by atoms with Crippen LogP contribution in [0.2, 0.25) is 0 Å². The van der Waals surface area contributed by atoms with Gasteiger partial charge in [-0.2, -0.15) is 5.10 Å². The standard InChI is InChI=1S/C20H19FN4O2S/c1-12(18(26)24-23-10-13-6-8-14(21)9-7-13)25-11-22-19-17(20(25)27)15-4-2-3-5-16(15)28-19/h6-12H,2-5H2,1H3,(H,24,26). The smallest absolute Gasteiger partial charge is 0.263 e.